The fourth-order valence-corrected chi connectivity index (χ4v) is 1.87. The number of nitrogens with one attached hydrogen (secondary N) is 1. The molecule has 0 bridgehead atoms. The van der Waals surface area contributed by atoms with Crippen LogP contribution in [0.15, 0.2) is 36.5 Å². The first-order valence-electron chi connectivity index (χ1n) is 6.08. The van der Waals surface area contributed by atoms with Crippen LogP contribution in [0, 0.1) is 17.0 Å². The van der Waals surface area contributed by atoms with Crippen molar-refractivity contribution in [1.82, 2.24) is 4.98 Å². The first kappa shape index (κ1) is 13.8. The molecule has 1 N–H and O–H groups in total. The number of para-hydroxylation sites is 1. The molecule has 0 aliphatic carbocycles. The summed E-state index contributed by atoms with van der Waals surface area (Å²) < 4.78 is 5.26. The van der Waals surface area contributed by atoms with E-state index in [-0.39, 0.29) is 5.69 Å². The van der Waals surface area contributed by atoms with Crippen LogP contribution in [0.3, 0.4) is 0 Å². The highest BCUT2D eigenvalue weighted by molar-refractivity contribution is 5.49. The van der Waals surface area contributed by atoms with Crippen molar-refractivity contribution < 1.29 is 9.66 Å². The Bertz CT molecular complexity index is 629. The van der Waals surface area contributed by atoms with Crippen LogP contribution in [-0.2, 0) is 6.54 Å². The van der Waals surface area contributed by atoms with E-state index in [1.54, 1.807) is 14.0 Å². The van der Waals surface area contributed by atoms with Crippen molar-refractivity contribution in [3.63, 3.8) is 0 Å². The molecular formula is C14H15N3O3. The minimum atomic E-state index is -0.454. The molecule has 0 aliphatic rings. The average Bonchev–Trinajstić information content (AvgIpc) is 2.46. The van der Waals surface area contributed by atoms with Gasteiger partial charge in [-0.05, 0) is 18.6 Å². The highest BCUT2D eigenvalue weighted by atomic mass is 16.6. The van der Waals surface area contributed by atoms with Gasteiger partial charge in [0.1, 0.15) is 17.8 Å². The molecule has 104 valence electrons. The Hall–Kier alpha value is -2.63. The third-order valence-corrected chi connectivity index (χ3v) is 2.91. The summed E-state index contributed by atoms with van der Waals surface area (Å²) in [7, 11) is 1.62. The molecule has 1 aromatic heterocycles. The van der Waals surface area contributed by atoms with Crippen molar-refractivity contribution in [3.05, 3.63) is 57.8 Å². The van der Waals surface area contributed by atoms with E-state index >= 15 is 0 Å². The van der Waals surface area contributed by atoms with Crippen LogP contribution in [0.5, 0.6) is 5.75 Å². The number of aryl methyl sites for hydroxylation is 1. The molecule has 0 unspecified atom stereocenters. The Morgan fingerprint density at radius 2 is 2.15 bits per heavy atom. The van der Waals surface area contributed by atoms with E-state index in [4.69, 9.17) is 4.74 Å². The summed E-state index contributed by atoms with van der Waals surface area (Å²) >= 11 is 0. The number of nitro groups is 1. The molecule has 0 aliphatic heterocycles. The maximum atomic E-state index is 10.7. The average molecular weight is 273 g/mol. The Morgan fingerprint density at radius 1 is 1.40 bits per heavy atom. The molecule has 2 rings (SSSR count). The fourth-order valence-electron chi connectivity index (χ4n) is 1.87. The van der Waals surface area contributed by atoms with Gasteiger partial charge in [-0.25, -0.2) is 4.98 Å². The van der Waals surface area contributed by atoms with Crippen LogP contribution in [0.1, 0.15) is 11.1 Å². The maximum absolute atomic E-state index is 10.7. The highest BCUT2D eigenvalue weighted by Crippen LogP contribution is 2.21. The number of hydrogen-bond acceptors (Lipinski definition) is 5. The quantitative estimate of drug-likeness (QED) is 0.669. The van der Waals surface area contributed by atoms with Gasteiger partial charge in [-0.15, -0.1) is 0 Å². The summed E-state index contributed by atoms with van der Waals surface area (Å²) in [6.45, 7) is 2.32. The van der Waals surface area contributed by atoms with E-state index in [9.17, 15) is 10.1 Å². The third kappa shape index (κ3) is 3.03. The molecule has 20 heavy (non-hydrogen) atoms. The first-order valence-corrected chi connectivity index (χ1v) is 6.08. The Balaban J connectivity index is 2.13. The summed E-state index contributed by atoms with van der Waals surface area (Å²) in [5.74, 6) is 1.42. The lowest BCUT2D eigenvalue weighted by molar-refractivity contribution is -0.385. The van der Waals surface area contributed by atoms with Gasteiger partial charge >= 0.3 is 0 Å². The second-order valence-electron chi connectivity index (χ2n) is 4.28. The molecule has 0 fully saturated rings. The Kier molecular flexibility index (Phi) is 4.14. The number of nitrogens with zero attached hydrogens (tertiary/aromatic N) is 2. The van der Waals surface area contributed by atoms with Crippen LogP contribution >= 0.6 is 0 Å². The van der Waals surface area contributed by atoms with Crippen molar-refractivity contribution in [2.24, 2.45) is 0 Å². The zero-order valence-electron chi connectivity index (χ0n) is 11.3. The second kappa shape index (κ2) is 6.01. The van der Waals surface area contributed by atoms with Crippen molar-refractivity contribution in [2.45, 2.75) is 13.5 Å². The molecule has 2 aromatic rings. The topological polar surface area (TPSA) is 77.3 Å². The monoisotopic (exact) mass is 273 g/mol. The SMILES string of the molecule is COc1ccccc1CNc1ncc([N+](=O)[O-])cc1C. The van der Waals surface area contributed by atoms with Gasteiger partial charge in [0.25, 0.3) is 5.69 Å². The first-order chi connectivity index (χ1) is 9.61. The lowest BCUT2D eigenvalue weighted by Crippen LogP contribution is -2.05. The number of ether oxygens (including phenoxy) is 1. The van der Waals surface area contributed by atoms with Crippen molar-refractivity contribution >= 4 is 11.5 Å². The summed E-state index contributed by atoms with van der Waals surface area (Å²) in [6, 6.07) is 9.16. The molecule has 6 heteroatoms. The molecule has 1 heterocycles. The van der Waals surface area contributed by atoms with Gasteiger partial charge in [0.15, 0.2) is 0 Å². The molecule has 0 saturated heterocycles. The molecule has 0 amide bonds. The standard InChI is InChI=1S/C14H15N3O3/c1-10-7-12(17(18)19)9-16-14(10)15-8-11-5-3-4-6-13(11)20-2/h3-7,9H,8H2,1-2H3,(H,15,16). The van der Waals surface area contributed by atoms with E-state index in [0.717, 1.165) is 16.9 Å². The van der Waals surface area contributed by atoms with Gasteiger partial charge in [0, 0.05) is 18.2 Å². The zero-order valence-corrected chi connectivity index (χ0v) is 11.3. The highest BCUT2D eigenvalue weighted by Gasteiger charge is 2.09. The molecule has 6 nitrogen and oxygen atoms in total. The van der Waals surface area contributed by atoms with Gasteiger partial charge in [-0.1, -0.05) is 18.2 Å². The summed E-state index contributed by atoms with van der Waals surface area (Å²) in [5, 5.41) is 13.8. The van der Waals surface area contributed by atoms with Crippen LogP contribution in [-0.4, -0.2) is 17.0 Å². The second-order valence-corrected chi connectivity index (χ2v) is 4.28. The van der Waals surface area contributed by atoms with Gasteiger partial charge in [-0.3, -0.25) is 10.1 Å². The summed E-state index contributed by atoms with van der Waals surface area (Å²) in [4.78, 5) is 14.3. The predicted molar refractivity (Wildman–Crippen MR) is 75.9 cm³/mol. The molecular weight excluding hydrogens is 258 g/mol. The number of aromatic nitrogens is 1. The maximum Gasteiger partial charge on any atom is 0.287 e. The molecule has 0 atom stereocenters. The Labute approximate surface area is 116 Å². The van der Waals surface area contributed by atoms with Crippen molar-refractivity contribution in [2.75, 3.05) is 12.4 Å². The number of methoxy groups -OCH3 is 1. The lowest BCUT2D eigenvalue weighted by atomic mass is 10.2. The van der Waals surface area contributed by atoms with E-state index in [1.165, 1.54) is 12.3 Å². The molecule has 0 saturated carbocycles. The third-order valence-electron chi connectivity index (χ3n) is 2.91. The molecule has 0 radical (unpaired) electrons. The summed E-state index contributed by atoms with van der Waals surface area (Å²) in [5.41, 5.74) is 1.72. The molecule has 1 aromatic carbocycles. The minimum Gasteiger partial charge on any atom is -0.496 e. The zero-order chi connectivity index (χ0) is 14.5. The van der Waals surface area contributed by atoms with Gasteiger partial charge in [0.05, 0.1) is 12.0 Å². The fraction of sp³-hybridized carbons (Fsp3) is 0.214. The number of rotatable bonds is 5. The number of pyridine rings is 1. The van der Waals surface area contributed by atoms with Crippen LogP contribution in [0.25, 0.3) is 0 Å². The Morgan fingerprint density at radius 3 is 2.80 bits per heavy atom. The van der Waals surface area contributed by atoms with E-state index in [2.05, 4.69) is 10.3 Å². The van der Waals surface area contributed by atoms with Gasteiger partial charge < -0.3 is 10.1 Å². The lowest BCUT2D eigenvalue weighted by Gasteiger charge is -2.11. The largest absolute Gasteiger partial charge is 0.496 e. The van der Waals surface area contributed by atoms with E-state index in [0.29, 0.717) is 12.4 Å². The minimum absolute atomic E-state index is 0.00894. The predicted octanol–water partition coefficient (Wildman–Crippen LogP) is 2.92. The van der Waals surface area contributed by atoms with E-state index < -0.39 is 4.92 Å². The van der Waals surface area contributed by atoms with Crippen LogP contribution in [0.4, 0.5) is 11.5 Å². The van der Waals surface area contributed by atoms with Crippen LogP contribution in [0.2, 0.25) is 0 Å². The van der Waals surface area contributed by atoms with Crippen molar-refractivity contribution in [1.29, 1.82) is 0 Å². The smallest absolute Gasteiger partial charge is 0.287 e. The van der Waals surface area contributed by atoms with Crippen LogP contribution < -0.4 is 10.1 Å². The van der Waals surface area contributed by atoms with E-state index in [1.807, 2.05) is 24.3 Å². The summed E-state index contributed by atoms with van der Waals surface area (Å²) in [6.07, 6.45) is 1.25. The van der Waals surface area contributed by atoms with Gasteiger partial charge in [0.2, 0.25) is 0 Å². The number of anilines is 1. The van der Waals surface area contributed by atoms with Gasteiger partial charge in [-0.2, -0.15) is 0 Å². The number of hydrogen-bond donors (Lipinski definition) is 1. The number of benzene rings is 1. The van der Waals surface area contributed by atoms with Crippen molar-refractivity contribution in [3.8, 4) is 5.75 Å². The molecule has 0 spiro atoms. The normalized spacial score (nSPS) is 10.1.